The van der Waals surface area contributed by atoms with Gasteiger partial charge in [-0.05, 0) is 56.5 Å². The third-order valence-electron chi connectivity index (χ3n) is 7.70. The second-order valence-corrected chi connectivity index (χ2v) is 12.6. The molecule has 3 amide bonds. The van der Waals surface area contributed by atoms with Gasteiger partial charge in [0, 0.05) is 41.2 Å². The van der Waals surface area contributed by atoms with Crippen molar-refractivity contribution in [2.24, 2.45) is 0 Å². The Bertz CT molecular complexity index is 1820. The van der Waals surface area contributed by atoms with Gasteiger partial charge in [0.2, 0.25) is 5.91 Å². The largest absolute Gasteiger partial charge is 0.391 e. The molecule has 0 aliphatic rings. The summed E-state index contributed by atoms with van der Waals surface area (Å²) in [6.45, 7) is 5.72. The summed E-state index contributed by atoms with van der Waals surface area (Å²) in [6.07, 6.45) is 2.61. The molecule has 5 rings (SSSR count). The molecule has 5 N–H and O–H groups in total. The number of hydrogen-bond donors (Lipinski definition) is 5. The Kier molecular flexibility index (Phi) is 10.4. The number of fused-ring (bicyclic) bond motifs is 1. The predicted molar refractivity (Wildman–Crippen MR) is 181 cm³/mol. The van der Waals surface area contributed by atoms with Crippen molar-refractivity contribution < 1.29 is 19.5 Å². The first-order chi connectivity index (χ1) is 22.6. The normalized spacial score (nSPS) is 13.4. The zero-order chi connectivity index (χ0) is 33.4. The number of rotatable bonds is 12. The van der Waals surface area contributed by atoms with Gasteiger partial charge in [0.1, 0.15) is 11.7 Å². The van der Waals surface area contributed by atoms with Gasteiger partial charge in [-0.15, -0.1) is 0 Å². The number of aliphatic hydroxyl groups is 1. The quantitative estimate of drug-likeness (QED) is 0.140. The molecule has 3 aromatic carbocycles. The van der Waals surface area contributed by atoms with Crippen molar-refractivity contribution in [3.63, 3.8) is 0 Å². The minimum atomic E-state index is -1.06. The molecular weight excluding hydrogens is 592 g/mol. The molecule has 242 valence electrons. The third kappa shape index (κ3) is 9.11. The zero-order valence-electron chi connectivity index (χ0n) is 26.7. The van der Waals surface area contributed by atoms with Crippen LogP contribution in [0.1, 0.15) is 58.4 Å². The van der Waals surface area contributed by atoms with Crippen molar-refractivity contribution in [1.82, 2.24) is 30.9 Å². The summed E-state index contributed by atoms with van der Waals surface area (Å²) in [5, 5.41) is 21.4. The van der Waals surface area contributed by atoms with Gasteiger partial charge < -0.3 is 26.0 Å². The first kappa shape index (κ1) is 33.0. The minimum absolute atomic E-state index is 0.115. The van der Waals surface area contributed by atoms with Crippen LogP contribution in [0.3, 0.4) is 0 Å². The molecule has 2 aromatic heterocycles. The number of nitrogens with zero attached hydrogens (tertiary/aromatic N) is 2. The van der Waals surface area contributed by atoms with Gasteiger partial charge in [-0.1, -0.05) is 72.8 Å². The smallest absolute Gasteiger partial charge is 0.270 e. The van der Waals surface area contributed by atoms with E-state index in [1.165, 1.54) is 6.33 Å². The molecule has 5 aromatic rings. The first-order valence-corrected chi connectivity index (χ1v) is 15.6. The molecule has 0 aliphatic carbocycles. The number of H-pyrrole nitrogens is 1. The molecular formula is C37H40N6O4. The molecule has 0 bridgehead atoms. The fraction of sp³-hybridized carbons (Fsp3) is 0.270. The fourth-order valence-electron chi connectivity index (χ4n) is 5.38. The van der Waals surface area contributed by atoms with Crippen LogP contribution in [0.25, 0.3) is 10.9 Å². The molecule has 10 heteroatoms. The number of aromatic nitrogens is 3. The monoisotopic (exact) mass is 632 g/mol. The van der Waals surface area contributed by atoms with E-state index in [2.05, 4.69) is 30.9 Å². The molecule has 0 saturated heterocycles. The van der Waals surface area contributed by atoms with Crippen molar-refractivity contribution in [2.75, 3.05) is 0 Å². The number of imidazole rings is 1. The third-order valence-corrected chi connectivity index (χ3v) is 7.70. The number of aliphatic hydroxyl groups excluding tert-OH is 1. The number of pyridine rings is 1. The Labute approximate surface area is 274 Å². The van der Waals surface area contributed by atoms with E-state index in [1.54, 1.807) is 30.5 Å². The van der Waals surface area contributed by atoms with Crippen LogP contribution in [0.4, 0.5) is 0 Å². The predicted octanol–water partition coefficient (Wildman–Crippen LogP) is 4.16. The maximum absolute atomic E-state index is 14.0. The highest BCUT2D eigenvalue weighted by molar-refractivity contribution is 5.98. The van der Waals surface area contributed by atoms with Crippen molar-refractivity contribution >= 4 is 28.6 Å². The van der Waals surface area contributed by atoms with Gasteiger partial charge in [0.25, 0.3) is 11.8 Å². The lowest BCUT2D eigenvalue weighted by atomic mass is 9.93. The Morgan fingerprint density at radius 1 is 0.809 bits per heavy atom. The van der Waals surface area contributed by atoms with Crippen molar-refractivity contribution in [3.05, 3.63) is 132 Å². The van der Waals surface area contributed by atoms with Crippen molar-refractivity contribution in [3.8, 4) is 0 Å². The van der Waals surface area contributed by atoms with Gasteiger partial charge in [-0.3, -0.25) is 14.4 Å². The molecule has 0 unspecified atom stereocenters. The van der Waals surface area contributed by atoms with Gasteiger partial charge >= 0.3 is 0 Å². The summed E-state index contributed by atoms with van der Waals surface area (Å²) in [7, 11) is 0. The fourth-order valence-corrected chi connectivity index (χ4v) is 5.38. The van der Waals surface area contributed by atoms with Gasteiger partial charge in [0.05, 0.1) is 24.0 Å². The summed E-state index contributed by atoms with van der Waals surface area (Å²) in [6, 6.07) is 25.8. The van der Waals surface area contributed by atoms with E-state index in [4.69, 9.17) is 0 Å². The van der Waals surface area contributed by atoms with Crippen LogP contribution in [-0.4, -0.2) is 61.5 Å². The molecule has 47 heavy (non-hydrogen) atoms. The number of para-hydroxylation sites is 1. The van der Waals surface area contributed by atoms with E-state index in [-0.39, 0.29) is 24.4 Å². The summed E-state index contributed by atoms with van der Waals surface area (Å²) in [5.74, 6) is -1.23. The van der Waals surface area contributed by atoms with Crippen LogP contribution in [0.2, 0.25) is 0 Å². The Morgan fingerprint density at radius 2 is 1.53 bits per heavy atom. The minimum Gasteiger partial charge on any atom is -0.391 e. The van der Waals surface area contributed by atoms with Crippen LogP contribution >= 0.6 is 0 Å². The number of carbonyl (C=O) groups is 3. The maximum atomic E-state index is 14.0. The van der Waals surface area contributed by atoms with Crippen molar-refractivity contribution in [1.29, 1.82) is 0 Å². The zero-order valence-corrected chi connectivity index (χ0v) is 26.7. The van der Waals surface area contributed by atoms with E-state index >= 15 is 0 Å². The number of benzene rings is 3. The van der Waals surface area contributed by atoms with E-state index in [0.29, 0.717) is 28.8 Å². The summed E-state index contributed by atoms with van der Waals surface area (Å²) < 4.78 is 0. The molecule has 0 aliphatic heterocycles. The van der Waals surface area contributed by atoms with E-state index in [9.17, 15) is 19.5 Å². The van der Waals surface area contributed by atoms with Crippen LogP contribution < -0.4 is 16.0 Å². The van der Waals surface area contributed by atoms with Gasteiger partial charge in [0.15, 0.2) is 0 Å². The second kappa shape index (κ2) is 14.8. The van der Waals surface area contributed by atoms with Crippen LogP contribution in [0.15, 0.2) is 104 Å². The number of nitrogens with one attached hydrogen (secondary N) is 4. The van der Waals surface area contributed by atoms with Gasteiger partial charge in [-0.2, -0.15) is 0 Å². The highest BCUT2D eigenvalue weighted by Crippen LogP contribution is 2.17. The SMILES string of the molecule is CC(C)(C)NC(=O)c1ccccc1C[C@@H](O)[C@H](Cc1ccccc1)NC(=O)[C@H](Cc1cnc[nH]1)NC(=O)c1ccc2ccccc2n1. The number of amides is 3. The van der Waals surface area contributed by atoms with E-state index in [0.717, 1.165) is 10.9 Å². The van der Waals surface area contributed by atoms with E-state index in [1.807, 2.05) is 87.5 Å². The lowest BCUT2D eigenvalue weighted by Gasteiger charge is -2.28. The van der Waals surface area contributed by atoms with Gasteiger partial charge in [-0.25, -0.2) is 9.97 Å². The molecule has 2 heterocycles. The molecule has 3 atom stereocenters. The first-order valence-electron chi connectivity index (χ1n) is 15.6. The molecule has 0 spiro atoms. The lowest BCUT2D eigenvalue weighted by molar-refractivity contribution is -0.124. The summed E-state index contributed by atoms with van der Waals surface area (Å²) >= 11 is 0. The van der Waals surface area contributed by atoms with Crippen LogP contribution in [0.5, 0.6) is 0 Å². The Hall–Kier alpha value is -5.35. The molecule has 0 fully saturated rings. The lowest BCUT2D eigenvalue weighted by Crippen LogP contribution is -2.54. The number of hydrogen-bond acceptors (Lipinski definition) is 6. The van der Waals surface area contributed by atoms with Crippen LogP contribution in [0, 0.1) is 0 Å². The molecule has 0 radical (unpaired) electrons. The summed E-state index contributed by atoms with van der Waals surface area (Å²) in [4.78, 5) is 52.1. The maximum Gasteiger partial charge on any atom is 0.270 e. The Balaban J connectivity index is 1.39. The molecule has 10 nitrogen and oxygen atoms in total. The highest BCUT2D eigenvalue weighted by Gasteiger charge is 2.29. The standard InChI is InChI=1S/C37H40N6O4/c1-37(2,3)43-34(45)28-15-9-7-14-26(28)20-33(44)31(19-24-11-5-4-6-12-24)41-36(47)32(21-27-22-38-23-39-27)42-35(46)30-18-17-25-13-8-10-16-29(25)40-30/h4-18,22-23,31-33,44H,19-21H2,1-3H3,(H,38,39)(H,41,47)(H,42,46)(H,43,45)/t31-,32-,33+/m0/s1. The van der Waals surface area contributed by atoms with Crippen LogP contribution in [-0.2, 0) is 24.1 Å². The number of carbonyl (C=O) groups excluding carboxylic acids is 3. The molecule has 0 saturated carbocycles. The average Bonchev–Trinajstić information content (AvgIpc) is 3.57. The number of aromatic amines is 1. The average molecular weight is 633 g/mol. The summed E-state index contributed by atoms with van der Waals surface area (Å²) in [5.41, 5.74) is 3.07. The highest BCUT2D eigenvalue weighted by atomic mass is 16.3. The van der Waals surface area contributed by atoms with E-state index < -0.39 is 35.5 Å². The second-order valence-electron chi connectivity index (χ2n) is 12.6. The Morgan fingerprint density at radius 3 is 2.28 bits per heavy atom. The topological polar surface area (TPSA) is 149 Å². The van der Waals surface area contributed by atoms with Crippen molar-refractivity contribution in [2.45, 2.75) is 63.8 Å².